The van der Waals surface area contributed by atoms with Gasteiger partial charge in [-0.05, 0) is 69.1 Å². The highest BCUT2D eigenvalue weighted by Gasteiger charge is 2.20. The fourth-order valence-corrected chi connectivity index (χ4v) is 10.5. The summed E-state index contributed by atoms with van der Waals surface area (Å²) in [6, 6.07) is 49.8. The van der Waals surface area contributed by atoms with Crippen molar-refractivity contribution in [3.8, 4) is 33.4 Å². The second kappa shape index (κ2) is 9.05. The summed E-state index contributed by atoms with van der Waals surface area (Å²) in [5.41, 5.74) is 7.87. The minimum absolute atomic E-state index is 1.28. The van der Waals surface area contributed by atoms with Crippen molar-refractivity contribution < 1.29 is 0 Å². The molecule has 0 N–H and O–H groups in total. The highest BCUT2D eigenvalue weighted by atomic mass is 32.2. The third-order valence-corrected chi connectivity index (χ3v) is 12.4. The van der Waals surface area contributed by atoms with Gasteiger partial charge in [0.1, 0.15) is 0 Å². The van der Waals surface area contributed by atoms with Crippen LogP contribution in [-0.4, -0.2) is 0 Å². The summed E-state index contributed by atoms with van der Waals surface area (Å²) in [6.45, 7) is 0. The van der Waals surface area contributed by atoms with Gasteiger partial charge in [0, 0.05) is 55.5 Å². The molecular formula is C40H22S3. The predicted molar refractivity (Wildman–Crippen MR) is 190 cm³/mol. The SMILES string of the molecule is c1ccc2c(c1)Sc1ccc(-c3ccc4c(c3)sc3cc(-c5cccc6c5sc5ccccc56)ccc34)c3cccc-2c13. The highest BCUT2D eigenvalue weighted by molar-refractivity contribution is 7.99. The zero-order valence-corrected chi connectivity index (χ0v) is 25.4. The molecule has 7 aromatic carbocycles. The van der Waals surface area contributed by atoms with Gasteiger partial charge in [0.15, 0.2) is 0 Å². The molecule has 10 rings (SSSR count). The van der Waals surface area contributed by atoms with Crippen LogP contribution in [0.25, 0.3) is 84.5 Å². The standard InChI is InChI=1S/C40H22S3/c1-3-13-34-27(7-1)32-11-6-10-31-25(19-20-36(41-34)39(31)32)23-15-17-29-30-18-16-24(22-38(30)42-37(29)21-23)26-9-5-12-33-28-8-2-4-14-35(28)43-40(26)33/h1-22H. The van der Waals surface area contributed by atoms with Crippen molar-refractivity contribution in [2.45, 2.75) is 9.79 Å². The Morgan fingerprint density at radius 3 is 1.86 bits per heavy atom. The molecule has 0 radical (unpaired) electrons. The molecule has 0 nitrogen and oxygen atoms in total. The first kappa shape index (κ1) is 24.1. The normalized spacial score (nSPS) is 12.6. The Labute approximate surface area is 260 Å². The van der Waals surface area contributed by atoms with E-state index >= 15 is 0 Å². The summed E-state index contributed by atoms with van der Waals surface area (Å²) in [5.74, 6) is 0. The third kappa shape index (κ3) is 3.50. The lowest BCUT2D eigenvalue weighted by Gasteiger charge is -2.21. The molecule has 3 heteroatoms. The Morgan fingerprint density at radius 2 is 1.00 bits per heavy atom. The first-order valence-corrected chi connectivity index (χ1v) is 17.0. The van der Waals surface area contributed by atoms with Crippen molar-refractivity contribution in [1.82, 2.24) is 0 Å². The van der Waals surface area contributed by atoms with Crippen LogP contribution in [0.4, 0.5) is 0 Å². The molecule has 9 aromatic rings. The van der Waals surface area contributed by atoms with E-state index < -0.39 is 0 Å². The Morgan fingerprint density at radius 1 is 0.349 bits per heavy atom. The van der Waals surface area contributed by atoms with Crippen molar-refractivity contribution in [2.24, 2.45) is 0 Å². The Kier molecular flexibility index (Phi) is 5.06. The lowest BCUT2D eigenvalue weighted by Crippen LogP contribution is -1.93. The van der Waals surface area contributed by atoms with Crippen LogP contribution in [0.3, 0.4) is 0 Å². The van der Waals surface area contributed by atoms with Crippen LogP contribution in [0.15, 0.2) is 143 Å². The molecule has 0 saturated heterocycles. The van der Waals surface area contributed by atoms with Crippen molar-refractivity contribution in [3.05, 3.63) is 133 Å². The zero-order chi connectivity index (χ0) is 28.1. The molecule has 0 aliphatic carbocycles. The molecule has 0 atom stereocenters. The summed E-state index contributed by atoms with van der Waals surface area (Å²) >= 11 is 5.70. The number of fused-ring (bicyclic) bond motifs is 8. The van der Waals surface area contributed by atoms with Gasteiger partial charge in [0.05, 0.1) is 0 Å². The van der Waals surface area contributed by atoms with E-state index in [-0.39, 0.29) is 0 Å². The van der Waals surface area contributed by atoms with E-state index in [1.165, 1.54) is 94.3 Å². The van der Waals surface area contributed by atoms with E-state index in [0.29, 0.717) is 0 Å². The van der Waals surface area contributed by atoms with Gasteiger partial charge in [-0.1, -0.05) is 115 Å². The third-order valence-electron chi connectivity index (χ3n) is 8.90. The second-order valence-electron chi connectivity index (χ2n) is 11.2. The quantitative estimate of drug-likeness (QED) is 0.191. The van der Waals surface area contributed by atoms with Crippen LogP contribution in [0, 0.1) is 0 Å². The van der Waals surface area contributed by atoms with Gasteiger partial charge in [-0.25, -0.2) is 0 Å². The molecule has 0 amide bonds. The van der Waals surface area contributed by atoms with E-state index in [4.69, 9.17) is 0 Å². The van der Waals surface area contributed by atoms with Crippen LogP contribution in [0.5, 0.6) is 0 Å². The van der Waals surface area contributed by atoms with E-state index in [1.807, 2.05) is 34.4 Å². The molecule has 200 valence electrons. The Hall–Kier alpha value is -4.41. The van der Waals surface area contributed by atoms with Gasteiger partial charge < -0.3 is 0 Å². The van der Waals surface area contributed by atoms with Gasteiger partial charge in [0.25, 0.3) is 0 Å². The van der Waals surface area contributed by atoms with Gasteiger partial charge in [-0.3, -0.25) is 0 Å². The molecule has 0 unspecified atom stereocenters. The molecule has 1 aliphatic heterocycles. The monoisotopic (exact) mass is 598 g/mol. The summed E-state index contributed by atoms with van der Waals surface area (Å²) in [7, 11) is 0. The smallest absolute Gasteiger partial charge is 0.0433 e. The molecule has 3 heterocycles. The number of thiophene rings is 2. The summed E-state index contributed by atoms with van der Waals surface area (Å²) in [5, 5.41) is 8.08. The number of hydrogen-bond acceptors (Lipinski definition) is 3. The predicted octanol–water partition coefficient (Wildman–Crippen LogP) is 13.0. The summed E-state index contributed by atoms with van der Waals surface area (Å²) in [4.78, 5) is 2.68. The molecule has 0 fully saturated rings. The molecule has 43 heavy (non-hydrogen) atoms. The fourth-order valence-electron chi connectivity index (χ4n) is 6.92. The average molecular weight is 599 g/mol. The van der Waals surface area contributed by atoms with Gasteiger partial charge in [0.2, 0.25) is 0 Å². The van der Waals surface area contributed by atoms with Crippen LogP contribution < -0.4 is 0 Å². The van der Waals surface area contributed by atoms with E-state index in [0.717, 1.165) is 0 Å². The molecule has 0 saturated carbocycles. The number of rotatable bonds is 2. The molecule has 0 bridgehead atoms. The van der Waals surface area contributed by atoms with Crippen LogP contribution >= 0.6 is 34.4 Å². The molecule has 2 aromatic heterocycles. The van der Waals surface area contributed by atoms with Crippen molar-refractivity contribution in [2.75, 3.05) is 0 Å². The maximum Gasteiger partial charge on any atom is 0.0433 e. The zero-order valence-electron chi connectivity index (χ0n) is 22.9. The Bertz CT molecular complexity index is 2600. The molecular weight excluding hydrogens is 577 g/mol. The van der Waals surface area contributed by atoms with Gasteiger partial charge in [-0.15, -0.1) is 22.7 Å². The minimum Gasteiger partial charge on any atom is -0.135 e. The topological polar surface area (TPSA) is 0 Å². The summed E-state index contributed by atoms with van der Waals surface area (Å²) < 4.78 is 5.40. The van der Waals surface area contributed by atoms with Gasteiger partial charge >= 0.3 is 0 Å². The van der Waals surface area contributed by atoms with E-state index in [1.54, 1.807) is 0 Å². The van der Waals surface area contributed by atoms with E-state index in [9.17, 15) is 0 Å². The van der Waals surface area contributed by atoms with Crippen LogP contribution in [-0.2, 0) is 0 Å². The second-order valence-corrected chi connectivity index (χ2v) is 14.5. The minimum atomic E-state index is 1.28. The van der Waals surface area contributed by atoms with Gasteiger partial charge in [-0.2, -0.15) is 0 Å². The number of benzene rings is 7. The lowest BCUT2D eigenvalue weighted by molar-refractivity contribution is 1.40. The summed E-state index contributed by atoms with van der Waals surface area (Å²) in [6.07, 6.45) is 0. The van der Waals surface area contributed by atoms with E-state index in [2.05, 4.69) is 133 Å². The molecule has 1 aliphatic rings. The highest BCUT2D eigenvalue weighted by Crippen LogP contribution is 2.50. The average Bonchev–Trinajstić information content (AvgIpc) is 3.62. The first-order chi connectivity index (χ1) is 21.3. The maximum atomic E-state index is 2.40. The fraction of sp³-hybridized carbons (Fsp3) is 0. The van der Waals surface area contributed by atoms with Crippen LogP contribution in [0.2, 0.25) is 0 Å². The maximum absolute atomic E-state index is 2.40. The largest absolute Gasteiger partial charge is 0.135 e. The first-order valence-electron chi connectivity index (χ1n) is 14.5. The van der Waals surface area contributed by atoms with Crippen molar-refractivity contribution in [3.63, 3.8) is 0 Å². The Balaban J connectivity index is 1.12. The molecule has 0 spiro atoms. The van der Waals surface area contributed by atoms with Crippen molar-refractivity contribution in [1.29, 1.82) is 0 Å². The van der Waals surface area contributed by atoms with Crippen molar-refractivity contribution >= 4 is 85.6 Å². The van der Waals surface area contributed by atoms with Crippen LogP contribution in [0.1, 0.15) is 0 Å². The number of hydrogen-bond donors (Lipinski definition) is 0. The lowest BCUT2D eigenvalue weighted by atomic mass is 9.92.